The first-order valence-corrected chi connectivity index (χ1v) is 7.29. The van der Waals surface area contributed by atoms with E-state index in [4.69, 9.17) is 0 Å². The monoisotopic (exact) mass is 302 g/mol. The number of rotatable bonds is 4. The van der Waals surface area contributed by atoms with Gasteiger partial charge in [-0.05, 0) is 11.6 Å². The van der Waals surface area contributed by atoms with Crippen LogP contribution < -0.4 is 5.32 Å². The van der Waals surface area contributed by atoms with Crippen LogP contribution in [0.25, 0.3) is 16.9 Å². The summed E-state index contributed by atoms with van der Waals surface area (Å²) in [5.74, 6) is 1.41. The Morgan fingerprint density at radius 2 is 1.91 bits per heavy atom. The second-order valence-corrected chi connectivity index (χ2v) is 5.07. The quantitative estimate of drug-likeness (QED) is 0.628. The zero-order valence-electron chi connectivity index (χ0n) is 12.3. The van der Waals surface area contributed by atoms with E-state index in [1.807, 2.05) is 24.3 Å². The van der Waals surface area contributed by atoms with Gasteiger partial charge < -0.3 is 5.32 Å². The molecule has 0 fully saturated rings. The molecule has 112 valence electrons. The van der Waals surface area contributed by atoms with Gasteiger partial charge in [0.1, 0.15) is 5.82 Å². The smallest absolute Gasteiger partial charge is 0.165 e. The molecule has 4 rings (SSSR count). The van der Waals surface area contributed by atoms with Gasteiger partial charge in [-0.3, -0.25) is 4.98 Å². The molecule has 0 saturated heterocycles. The third-order valence-electron chi connectivity index (χ3n) is 3.54. The highest BCUT2D eigenvalue weighted by atomic mass is 15.2. The van der Waals surface area contributed by atoms with E-state index >= 15 is 0 Å². The predicted molar refractivity (Wildman–Crippen MR) is 87.8 cm³/mol. The number of anilines is 1. The Labute approximate surface area is 132 Å². The molecule has 0 aliphatic carbocycles. The van der Waals surface area contributed by atoms with E-state index in [9.17, 15) is 0 Å². The number of hydrogen-bond donors (Lipinski definition) is 1. The minimum absolute atomic E-state index is 0.631. The molecule has 4 aromatic rings. The molecule has 0 aliphatic heterocycles. The number of fused-ring (bicyclic) bond motifs is 1. The molecule has 0 spiro atoms. The SMILES string of the molecule is c1ccc(CNc2ccnc(-c3cnn4ccncc34)n2)cc1. The van der Waals surface area contributed by atoms with Gasteiger partial charge in [0, 0.05) is 25.1 Å². The van der Waals surface area contributed by atoms with Crippen LogP contribution in [0.2, 0.25) is 0 Å². The molecule has 0 saturated carbocycles. The van der Waals surface area contributed by atoms with Crippen molar-refractivity contribution in [1.29, 1.82) is 0 Å². The number of nitrogens with zero attached hydrogens (tertiary/aromatic N) is 5. The Hall–Kier alpha value is -3.28. The number of benzene rings is 1. The fraction of sp³-hybridized carbons (Fsp3) is 0.0588. The molecule has 23 heavy (non-hydrogen) atoms. The highest BCUT2D eigenvalue weighted by Gasteiger charge is 2.09. The molecule has 0 amide bonds. The van der Waals surface area contributed by atoms with Crippen molar-refractivity contribution < 1.29 is 0 Å². The van der Waals surface area contributed by atoms with E-state index < -0.39 is 0 Å². The van der Waals surface area contributed by atoms with Crippen LogP contribution in [0.3, 0.4) is 0 Å². The Morgan fingerprint density at radius 1 is 1.00 bits per heavy atom. The van der Waals surface area contributed by atoms with Gasteiger partial charge >= 0.3 is 0 Å². The summed E-state index contributed by atoms with van der Waals surface area (Å²) in [4.78, 5) is 13.1. The minimum Gasteiger partial charge on any atom is -0.366 e. The van der Waals surface area contributed by atoms with Crippen molar-refractivity contribution in [3.05, 3.63) is 72.9 Å². The number of nitrogens with one attached hydrogen (secondary N) is 1. The van der Waals surface area contributed by atoms with Gasteiger partial charge in [0.05, 0.1) is 23.5 Å². The maximum absolute atomic E-state index is 4.58. The molecule has 1 N–H and O–H groups in total. The maximum Gasteiger partial charge on any atom is 0.165 e. The lowest BCUT2D eigenvalue weighted by atomic mass is 10.2. The van der Waals surface area contributed by atoms with Crippen LogP contribution in [0.4, 0.5) is 5.82 Å². The first-order valence-electron chi connectivity index (χ1n) is 7.29. The van der Waals surface area contributed by atoms with Gasteiger partial charge in [0.25, 0.3) is 0 Å². The molecule has 6 heteroatoms. The van der Waals surface area contributed by atoms with Crippen molar-refractivity contribution in [2.45, 2.75) is 6.54 Å². The van der Waals surface area contributed by atoms with Crippen LogP contribution in [0.1, 0.15) is 5.56 Å². The number of aromatic nitrogens is 5. The third-order valence-corrected chi connectivity index (χ3v) is 3.54. The van der Waals surface area contributed by atoms with Gasteiger partial charge in [0.15, 0.2) is 5.82 Å². The summed E-state index contributed by atoms with van der Waals surface area (Å²) < 4.78 is 1.76. The lowest BCUT2D eigenvalue weighted by Gasteiger charge is -2.06. The molecule has 0 unspecified atom stereocenters. The van der Waals surface area contributed by atoms with Crippen LogP contribution in [0, 0.1) is 0 Å². The Balaban J connectivity index is 1.61. The molecular formula is C17H14N6. The molecule has 3 aromatic heterocycles. The van der Waals surface area contributed by atoms with Gasteiger partial charge in [-0.1, -0.05) is 30.3 Å². The van der Waals surface area contributed by atoms with Gasteiger partial charge in [0.2, 0.25) is 0 Å². The topological polar surface area (TPSA) is 68.0 Å². The molecule has 0 radical (unpaired) electrons. The molecule has 0 bridgehead atoms. The van der Waals surface area contributed by atoms with E-state index in [-0.39, 0.29) is 0 Å². The van der Waals surface area contributed by atoms with E-state index in [2.05, 4.69) is 37.5 Å². The van der Waals surface area contributed by atoms with Crippen molar-refractivity contribution >= 4 is 11.3 Å². The van der Waals surface area contributed by atoms with Gasteiger partial charge in [-0.2, -0.15) is 5.10 Å². The van der Waals surface area contributed by atoms with Crippen LogP contribution >= 0.6 is 0 Å². The molecule has 0 aliphatic rings. The van der Waals surface area contributed by atoms with E-state index in [0.29, 0.717) is 12.4 Å². The van der Waals surface area contributed by atoms with E-state index in [1.54, 1.807) is 35.5 Å². The van der Waals surface area contributed by atoms with Crippen LogP contribution in [0.5, 0.6) is 0 Å². The highest BCUT2D eigenvalue weighted by molar-refractivity contribution is 5.75. The summed E-state index contributed by atoms with van der Waals surface area (Å²) in [5, 5.41) is 7.61. The Morgan fingerprint density at radius 3 is 2.83 bits per heavy atom. The average molecular weight is 302 g/mol. The minimum atomic E-state index is 0.631. The van der Waals surface area contributed by atoms with Crippen molar-refractivity contribution in [2.24, 2.45) is 0 Å². The summed E-state index contributed by atoms with van der Waals surface area (Å²) in [6, 6.07) is 12.1. The second kappa shape index (κ2) is 5.84. The Kier molecular flexibility index (Phi) is 3.40. The zero-order chi connectivity index (χ0) is 15.5. The third kappa shape index (κ3) is 2.74. The van der Waals surface area contributed by atoms with Crippen molar-refractivity contribution in [3.63, 3.8) is 0 Å². The van der Waals surface area contributed by atoms with E-state index in [0.717, 1.165) is 16.9 Å². The predicted octanol–water partition coefficient (Wildman–Crippen LogP) is 2.80. The molecule has 6 nitrogen and oxygen atoms in total. The average Bonchev–Trinajstić information content (AvgIpc) is 3.05. The van der Waals surface area contributed by atoms with Crippen LogP contribution in [0.15, 0.2) is 67.4 Å². The van der Waals surface area contributed by atoms with Crippen molar-refractivity contribution in [2.75, 3.05) is 5.32 Å². The molecule has 3 heterocycles. The summed E-state index contributed by atoms with van der Waals surface area (Å²) in [7, 11) is 0. The van der Waals surface area contributed by atoms with Gasteiger partial charge in [-0.15, -0.1) is 0 Å². The summed E-state index contributed by atoms with van der Waals surface area (Å²) >= 11 is 0. The van der Waals surface area contributed by atoms with Crippen molar-refractivity contribution in [3.8, 4) is 11.4 Å². The van der Waals surface area contributed by atoms with Crippen LogP contribution in [-0.2, 0) is 6.54 Å². The normalized spacial score (nSPS) is 10.8. The lowest BCUT2D eigenvalue weighted by Crippen LogP contribution is -2.02. The lowest BCUT2D eigenvalue weighted by molar-refractivity contribution is 0.946. The largest absolute Gasteiger partial charge is 0.366 e. The first kappa shape index (κ1) is 13.4. The number of hydrogen-bond acceptors (Lipinski definition) is 5. The Bertz CT molecular complexity index is 932. The molecule has 0 atom stereocenters. The summed E-state index contributed by atoms with van der Waals surface area (Å²) in [5.41, 5.74) is 2.95. The molecular weight excluding hydrogens is 288 g/mol. The van der Waals surface area contributed by atoms with Gasteiger partial charge in [-0.25, -0.2) is 14.5 Å². The fourth-order valence-corrected chi connectivity index (χ4v) is 2.38. The zero-order valence-corrected chi connectivity index (χ0v) is 12.3. The standard InChI is InChI=1S/C17H14N6/c1-2-4-13(5-3-1)10-20-16-6-7-19-17(22-16)14-11-21-23-9-8-18-12-15(14)23/h1-9,11-12H,10H2,(H,19,20,22). The maximum atomic E-state index is 4.58. The summed E-state index contributed by atoms with van der Waals surface area (Å²) in [6.45, 7) is 0.716. The first-order chi connectivity index (χ1) is 11.4. The molecule has 1 aromatic carbocycles. The highest BCUT2D eigenvalue weighted by Crippen LogP contribution is 2.21. The fourth-order valence-electron chi connectivity index (χ4n) is 2.38. The van der Waals surface area contributed by atoms with Crippen LogP contribution in [-0.4, -0.2) is 24.6 Å². The van der Waals surface area contributed by atoms with Crippen molar-refractivity contribution in [1.82, 2.24) is 24.6 Å². The second-order valence-electron chi connectivity index (χ2n) is 5.07. The van der Waals surface area contributed by atoms with E-state index in [1.165, 1.54) is 5.56 Å². The summed E-state index contributed by atoms with van der Waals surface area (Å²) in [6.07, 6.45) is 8.76.